The van der Waals surface area contributed by atoms with Crippen molar-refractivity contribution in [2.24, 2.45) is 0 Å². The number of rotatable bonds is 2. The highest BCUT2D eigenvalue weighted by Gasteiger charge is 2.34. The van der Waals surface area contributed by atoms with Crippen LogP contribution in [0.5, 0.6) is 11.5 Å². The normalized spacial score (nSPS) is 18.3. The second-order valence-corrected chi connectivity index (χ2v) is 8.84. The van der Waals surface area contributed by atoms with Crippen molar-refractivity contribution in [3.63, 3.8) is 0 Å². The van der Waals surface area contributed by atoms with Crippen LogP contribution in [0.3, 0.4) is 0 Å². The minimum Gasteiger partial charge on any atom is -0.486 e. The van der Waals surface area contributed by atoms with Gasteiger partial charge in [0, 0.05) is 21.9 Å². The van der Waals surface area contributed by atoms with Gasteiger partial charge >= 0.3 is 0 Å². The Bertz CT molecular complexity index is 999. The number of fused-ring (bicyclic) bond motifs is 2. The molecule has 0 unspecified atom stereocenters. The summed E-state index contributed by atoms with van der Waals surface area (Å²) >= 11 is 9.80. The van der Waals surface area contributed by atoms with Gasteiger partial charge in [0.15, 0.2) is 11.5 Å². The number of hydrogen-bond donors (Lipinski definition) is 0. The van der Waals surface area contributed by atoms with Crippen molar-refractivity contribution in [3.8, 4) is 11.5 Å². The fraction of sp³-hybridized carbons (Fsp3) is 0.250. The van der Waals surface area contributed by atoms with Gasteiger partial charge in [-0.15, -0.1) is 22.7 Å². The van der Waals surface area contributed by atoms with E-state index in [1.54, 1.807) is 34.8 Å². The van der Waals surface area contributed by atoms with Gasteiger partial charge in [-0.3, -0.25) is 4.79 Å². The molecule has 0 bridgehead atoms. The first-order valence-electron chi connectivity index (χ1n) is 8.72. The lowest BCUT2D eigenvalue weighted by Gasteiger charge is -2.35. The molecule has 138 valence electrons. The van der Waals surface area contributed by atoms with Crippen molar-refractivity contribution < 1.29 is 14.3 Å². The van der Waals surface area contributed by atoms with Crippen LogP contribution in [0.15, 0.2) is 41.1 Å². The molecule has 4 heterocycles. The maximum atomic E-state index is 13.5. The Labute approximate surface area is 169 Å². The van der Waals surface area contributed by atoms with E-state index in [4.69, 9.17) is 21.1 Å². The summed E-state index contributed by atoms with van der Waals surface area (Å²) in [6, 6.07) is 9.65. The van der Waals surface area contributed by atoms with Gasteiger partial charge in [0.25, 0.3) is 5.91 Å². The molecule has 3 aromatic rings. The van der Waals surface area contributed by atoms with Crippen LogP contribution < -0.4 is 9.47 Å². The van der Waals surface area contributed by atoms with E-state index < -0.39 is 0 Å². The molecular formula is C20H16ClNO3S2. The van der Waals surface area contributed by atoms with Crippen LogP contribution in [0.2, 0.25) is 5.02 Å². The lowest BCUT2D eigenvalue weighted by Crippen LogP contribution is -2.39. The van der Waals surface area contributed by atoms with Gasteiger partial charge in [0.2, 0.25) is 0 Å². The molecule has 1 aromatic carbocycles. The monoisotopic (exact) mass is 417 g/mol. The number of nitrogens with zero attached hydrogens (tertiary/aromatic N) is 1. The van der Waals surface area contributed by atoms with Gasteiger partial charge in [-0.05, 0) is 47.0 Å². The highest BCUT2D eigenvalue weighted by Crippen LogP contribution is 2.42. The van der Waals surface area contributed by atoms with Crippen LogP contribution in [-0.4, -0.2) is 30.6 Å². The molecule has 1 atom stereocenters. The van der Waals surface area contributed by atoms with Gasteiger partial charge in [0.1, 0.15) is 13.2 Å². The van der Waals surface area contributed by atoms with Crippen molar-refractivity contribution >= 4 is 40.2 Å². The van der Waals surface area contributed by atoms with E-state index in [0.717, 1.165) is 6.42 Å². The van der Waals surface area contributed by atoms with Crippen molar-refractivity contribution in [1.82, 2.24) is 4.90 Å². The minimum absolute atomic E-state index is 0.0378. The SMILES string of the molecule is O=C(c1cc(Cl)c2c(c1)OCCO2)N1CCc2sccc2[C@@H]1c1cccs1. The van der Waals surface area contributed by atoms with Gasteiger partial charge in [-0.25, -0.2) is 0 Å². The first kappa shape index (κ1) is 17.1. The molecular weight excluding hydrogens is 402 g/mol. The molecule has 5 rings (SSSR count). The van der Waals surface area contributed by atoms with Gasteiger partial charge in [-0.2, -0.15) is 0 Å². The molecule has 0 spiro atoms. The first-order chi connectivity index (χ1) is 13.2. The Kier molecular flexibility index (Phi) is 4.34. The van der Waals surface area contributed by atoms with E-state index >= 15 is 0 Å². The number of amides is 1. The van der Waals surface area contributed by atoms with Crippen LogP contribution in [-0.2, 0) is 6.42 Å². The Balaban J connectivity index is 1.55. The highest BCUT2D eigenvalue weighted by molar-refractivity contribution is 7.10. The third-order valence-electron chi connectivity index (χ3n) is 4.88. The smallest absolute Gasteiger partial charge is 0.254 e. The first-order valence-corrected chi connectivity index (χ1v) is 10.9. The number of thiophene rings is 2. The molecule has 0 fully saturated rings. The second-order valence-electron chi connectivity index (χ2n) is 6.45. The molecule has 0 aliphatic carbocycles. The van der Waals surface area contributed by atoms with E-state index in [1.807, 2.05) is 11.0 Å². The standard InChI is InChI=1S/C20H16ClNO3S2/c21-14-10-12(11-15-19(14)25-7-6-24-15)20(23)22-5-3-16-13(4-9-27-16)18(22)17-2-1-8-26-17/h1-2,4,8-11,18H,3,5-7H2/t18-/m1/s1. The van der Waals surface area contributed by atoms with Crippen molar-refractivity contribution in [2.75, 3.05) is 19.8 Å². The number of halogens is 1. The summed E-state index contributed by atoms with van der Waals surface area (Å²) in [5.41, 5.74) is 1.76. The largest absolute Gasteiger partial charge is 0.486 e. The van der Waals surface area contributed by atoms with E-state index in [0.29, 0.717) is 41.8 Å². The Morgan fingerprint density at radius 2 is 2.04 bits per heavy atom. The van der Waals surface area contributed by atoms with Crippen molar-refractivity contribution in [3.05, 3.63) is 67.0 Å². The van der Waals surface area contributed by atoms with Gasteiger partial charge < -0.3 is 14.4 Å². The molecule has 27 heavy (non-hydrogen) atoms. The number of carbonyl (C=O) groups excluding carboxylic acids is 1. The molecule has 7 heteroatoms. The molecule has 2 aliphatic heterocycles. The average molecular weight is 418 g/mol. The Morgan fingerprint density at radius 1 is 1.15 bits per heavy atom. The molecule has 0 saturated heterocycles. The maximum absolute atomic E-state index is 13.5. The second kappa shape index (κ2) is 6.86. The van der Waals surface area contributed by atoms with Crippen LogP contribution in [0.25, 0.3) is 0 Å². The summed E-state index contributed by atoms with van der Waals surface area (Å²) in [7, 11) is 0. The molecule has 2 aliphatic rings. The average Bonchev–Trinajstić information content (AvgIpc) is 3.38. The fourth-order valence-electron chi connectivity index (χ4n) is 3.69. The molecule has 0 saturated carbocycles. The predicted molar refractivity (Wildman–Crippen MR) is 108 cm³/mol. The topological polar surface area (TPSA) is 38.8 Å². The minimum atomic E-state index is -0.0560. The third kappa shape index (κ3) is 2.92. The number of benzene rings is 1. The Morgan fingerprint density at radius 3 is 2.89 bits per heavy atom. The lowest BCUT2D eigenvalue weighted by molar-refractivity contribution is 0.0697. The number of ether oxygens (including phenoxy) is 2. The van der Waals surface area contributed by atoms with Crippen LogP contribution in [0.4, 0.5) is 0 Å². The summed E-state index contributed by atoms with van der Waals surface area (Å²) in [5.74, 6) is 1.02. The number of carbonyl (C=O) groups is 1. The zero-order chi connectivity index (χ0) is 18.4. The molecule has 1 amide bonds. The van der Waals surface area contributed by atoms with Crippen molar-refractivity contribution in [1.29, 1.82) is 0 Å². The molecule has 4 nitrogen and oxygen atoms in total. The molecule has 2 aromatic heterocycles. The van der Waals surface area contributed by atoms with Crippen molar-refractivity contribution in [2.45, 2.75) is 12.5 Å². The summed E-state index contributed by atoms with van der Waals surface area (Å²) in [6.45, 7) is 1.61. The lowest BCUT2D eigenvalue weighted by atomic mass is 9.97. The van der Waals surface area contributed by atoms with Gasteiger partial charge in [0.05, 0.1) is 11.1 Å². The van der Waals surface area contributed by atoms with E-state index in [2.05, 4.69) is 22.9 Å². The number of hydrogen-bond acceptors (Lipinski definition) is 5. The Hall–Kier alpha value is -2.02. The zero-order valence-electron chi connectivity index (χ0n) is 14.3. The molecule has 0 radical (unpaired) electrons. The van der Waals surface area contributed by atoms with Crippen LogP contribution in [0, 0.1) is 0 Å². The van der Waals surface area contributed by atoms with E-state index in [-0.39, 0.29) is 11.9 Å². The quantitative estimate of drug-likeness (QED) is 0.587. The van der Waals surface area contributed by atoms with Crippen LogP contribution in [0.1, 0.15) is 31.7 Å². The summed E-state index contributed by atoms with van der Waals surface area (Å²) in [4.78, 5) is 17.9. The summed E-state index contributed by atoms with van der Waals surface area (Å²) in [5, 5.41) is 4.58. The van der Waals surface area contributed by atoms with Gasteiger partial charge in [-0.1, -0.05) is 17.7 Å². The predicted octanol–water partition coefficient (Wildman–Crippen LogP) is 5.02. The summed E-state index contributed by atoms with van der Waals surface area (Å²) < 4.78 is 11.2. The summed E-state index contributed by atoms with van der Waals surface area (Å²) in [6.07, 6.45) is 0.874. The highest BCUT2D eigenvalue weighted by atomic mass is 35.5. The molecule has 0 N–H and O–H groups in total. The van der Waals surface area contributed by atoms with E-state index in [9.17, 15) is 4.79 Å². The van der Waals surface area contributed by atoms with E-state index in [1.165, 1.54) is 15.3 Å². The fourth-order valence-corrected chi connectivity index (χ4v) is 5.71. The third-order valence-corrected chi connectivity index (χ3v) is 7.09. The zero-order valence-corrected chi connectivity index (χ0v) is 16.7. The maximum Gasteiger partial charge on any atom is 0.254 e. The van der Waals surface area contributed by atoms with Crippen LogP contribution >= 0.6 is 34.3 Å².